The maximum absolute atomic E-state index is 10.8. The average Bonchev–Trinajstić information content (AvgIpc) is 2.70. The predicted octanol–water partition coefficient (Wildman–Crippen LogP) is 1.62. The van der Waals surface area contributed by atoms with Crippen molar-refractivity contribution in [2.24, 2.45) is 0 Å². The summed E-state index contributed by atoms with van der Waals surface area (Å²) in [6, 6.07) is 0. The Hall–Kier alpha value is -0.650. The number of carbonyl (C=O) groups excluding carboxylic acids is 1. The molecule has 2 aliphatic rings. The molecule has 1 atom stereocenters. The molecule has 0 bridgehead atoms. The van der Waals surface area contributed by atoms with Gasteiger partial charge < -0.3 is 19.3 Å². The molecule has 20 heavy (non-hydrogen) atoms. The lowest BCUT2D eigenvalue weighted by molar-refractivity contribution is -0.130. The maximum atomic E-state index is 10.8. The molecule has 0 aromatic heterocycles. The normalized spacial score (nSPS) is 23.6. The Bertz CT molecular complexity index is 233. The van der Waals surface area contributed by atoms with Crippen molar-refractivity contribution >= 4 is 5.91 Å². The third-order valence-electron chi connectivity index (χ3n) is 3.25. The van der Waals surface area contributed by atoms with Crippen molar-refractivity contribution in [2.75, 3.05) is 53.0 Å². The van der Waals surface area contributed by atoms with Crippen LogP contribution in [0.3, 0.4) is 0 Å². The number of amides is 1. The summed E-state index contributed by atoms with van der Waals surface area (Å²) in [5.41, 5.74) is 0. The van der Waals surface area contributed by atoms with E-state index in [2.05, 4.69) is 18.9 Å². The molecule has 2 saturated heterocycles. The van der Waals surface area contributed by atoms with Crippen molar-refractivity contribution in [2.45, 2.75) is 40.2 Å². The van der Waals surface area contributed by atoms with Gasteiger partial charge in [0.15, 0.2) is 0 Å². The van der Waals surface area contributed by atoms with E-state index in [1.807, 2.05) is 18.7 Å². The molecule has 0 spiro atoms. The van der Waals surface area contributed by atoms with Crippen LogP contribution in [0.1, 0.15) is 34.1 Å². The minimum Gasteiger partial charge on any atom is -0.379 e. The molecule has 2 rings (SSSR count). The van der Waals surface area contributed by atoms with Crippen molar-refractivity contribution < 1.29 is 14.3 Å². The van der Waals surface area contributed by atoms with E-state index in [9.17, 15) is 4.79 Å². The molecule has 0 aliphatic carbocycles. The predicted molar refractivity (Wildman–Crippen MR) is 81.9 cm³/mol. The van der Waals surface area contributed by atoms with Crippen LogP contribution in [0.2, 0.25) is 0 Å². The highest BCUT2D eigenvalue weighted by molar-refractivity contribution is 5.73. The smallest absolute Gasteiger partial charge is 0.219 e. The van der Waals surface area contributed by atoms with Crippen LogP contribution in [0.15, 0.2) is 0 Å². The largest absolute Gasteiger partial charge is 0.379 e. The van der Waals surface area contributed by atoms with Gasteiger partial charge in [-0.3, -0.25) is 4.79 Å². The fourth-order valence-corrected chi connectivity index (χ4v) is 1.86. The van der Waals surface area contributed by atoms with E-state index in [-0.39, 0.29) is 5.91 Å². The summed E-state index contributed by atoms with van der Waals surface area (Å²) in [4.78, 5) is 14.9. The number of carbonyl (C=O) groups is 1. The zero-order valence-corrected chi connectivity index (χ0v) is 13.9. The molecule has 2 aliphatic heterocycles. The molecule has 0 saturated carbocycles. The minimum absolute atomic E-state index is 0.202. The zero-order chi connectivity index (χ0) is 15.4. The number of rotatable bonds is 0. The van der Waals surface area contributed by atoms with Gasteiger partial charge in [0.25, 0.3) is 0 Å². The molecular weight excluding hydrogens is 256 g/mol. The van der Waals surface area contributed by atoms with Gasteiger partial charge in [0.2, 0.25) is 5.91 Å². The Labute approximate surface area is 124 Å². The lowest BCUT2D eigenvalue weighted by atomic mass is 10.3. The van der Waals surface area contributed by atoms with Crippen LogP contribution in [0.4, 0.5) is 0 Å². The summed E-state index contributed by atoms with van der Waals surface area (Å²) in [6.45, 7) is 13.9. The van der Waals surface area contributed by atoms with E-state index in [4.69, 9.17) is 9.47 Å². The average molecular weight is 288 g/mol. The van der Waals surface area contributed by atoms with Gasteiger partial charge in [-0.15, -0.1) is 0 Å². The molecule has 1 amide bonds. The van der Waals surface area contributed by atoms with Crippen LogP contribution < -0.4 is 0 Å². The number of hydrogen-bond donors (Lipinski definition) is 0. The Balaban J connectivity index is 0.000000327. The first-order chi connectivity index (χ1) is 9.59. The Kier molecular flexibility index (Phi) is 11.7. The molecule has 5 heteroatoms. The molecule has 1 unspecified atom stereocenters. The Morgan fingerprint density at radius 1 is 1.05 bits per heavy atom. The number of ether oxygens (including phenoxy) is 2. The SMILES string of the molecule is CC.CC(=O)N1CCN(C)CC1.CC1CCOCCO1. The van der Waals surface area contributed by atoms with Crippen LogP contribution in [-0.4, -0.2) is 74.9 Å². The first-order valence-electron chi connectivity index (χ1n) is 7.73. The molecule has 5 nitrogen and oxygen atoms in total. The van der Waals surface area contributed by atoms with Crippen molar-refractivity contribution in [3.63, 3.8) is 0 Å². The van der Waals surface area contributed by atoms with Gasteiger partial charge in [-0.1, -0.05) is 13.8 Å². The molecule has 2 heterocycles. The van der Waals surface area contributed by atoms with Crippen LogP contribution in [-0.2, 0) is 14.3 Å². The van der Waals surface area contributed by atoms with Crippen LogP contribution in [0, 0.1) is 0 Å². The van der Waals surface area contributed by atoms with E-state index in [1.165, 1.54) is 0 Å². The molecule has 0 radical (unpaired) electrons. The monoisotopic (exact) mass is 288 g/mol. The van der Waals surface area contributed by atoms with Crippen molar-refractivity contribution in [1.82, 2.24) is 9.80 Å². The quantitative estimate of drug-likeness (QED) is 0.679. The number of piperazine rings is 1. The number of nitrogens with zero attached hydrogens (tertiary/aromatic N) is 2. The van der Waals surface area contributed by atoms with E-state index < -0.39 is 0 Å². The van der Waals surface area contributed by atoms with Gasteiger partial charge in [0, 0.05) is 39.7 Å². The van der Waals surface area contributed by atoms with Crippen molar-refractivity contribution in [1.29, 1.82) is 0 Å². The van der Waals surface area contributed by atoms with Gasteiger partial charge >= 0.3 is 0 Å². The summed E-state index contributed by atoms with van der Waals surface area (Å²) >= 11 is 0. The summed E-state index contributed by atoms with van der Waals surface area (Å²) in [6.07, 6.45) is 1.44. The van der Waals surface area contributed by atoms with Crippen LogP contribution in [0.25, 0.3) is 0 Å². The fourth-order valence-electron chi connectivity index (χ4n) is 1.86. The molecule has 2 fully saturated rings. The second-order valence-corrected chi connectivity index (χ2v) is 4.89. The maximum Gasteiger partial charge on any atom is 0.219 e. The summed E-state index contributed by atoms with van der Waals surface area (Å²) in [5.74, 6) is 0.202. The second kappa shape index (κ2) is 12.1. The molecule has 120 valence electrons. The second-order valence-electron chi connectivity index (χ2n) is 4.89. The van der Waals surface area contributed by atoms with E-state index in [0.717, 1.165) is 52.4 Å². The lowest BCUT2D eigenvalue weighted by Gasteiger charge is -2.31. The van der Waals surface area contributed by atoms with Gasteiger partial charge in [-0.05, 0) is 20.4 Å². The summed E-state index contributed by atoms with van der Waals surface area (Å²) in [7, 11) is 2.08. The van der Waals surface area contributed by atoms with E-state index in [1.54, 1.807) is 6.92 Å². The first-order valence-corrected chi connectivity index (χ1v) is 7.73. The van der Waals surface area contributed by atoms with Gasteiger partial charge in [-0.2, -0.15) is 0 Å². The standard InChI is InChI=1S/C7H14N2O.C6H12O2.C2H6/c1-7(10)9-5-3-8(2)4-6-9;1-6-2-3-7-4-5-8-6;1-2/h3-6H2,1-2H3;6H,2-5H2,1H3;1-2H3. The fraction of sp³-hybridized carbons (Fsp3) is 0.933. The molecular formula is C15H32N2O3. The third kappa shape index (κ3) is 9.28. The summed E-state index contributed by atoms with van der Waals surface area (Å²) in [5, 5.41) is 0. The van der Waals surface area contributed by atoms with Gasteiger partial charge in [-0.25, -0.2) is 0 Å². The summed E-state index contributed by atoms with van der Waals surface area (Å²) < 4.78 is 10.4. The van der Waals surface area contributed by atoms with E-state index in [0.29, 0.717) is 6.10 Å². The molecule has 0 N–H and O–H groups in total. The van der Waals surface area contributed by atoms with Gasteiger partial charge in [0.05, 0.1) is 19.3 Å². The molecule has 0 aromatic rings. The van der Waals surface area contributed by atoms with Gasteiger partial charge in [0.1, 0.15) is 0 Å². The third-order valence-corrected chi connectivity index (χ3v) is 3.25. The van der Waals surface area contributed by atoms with E-state index >= 15 is 0 Å². The number of hydrogen-bond acceptors (Lipinski definition) is 4. The van der Waals surface area contributed by atoms with Crippen LogP contribution >= 0.6 is 0 Å². The Morgan fingerprint density at radius 2 is 1.65 bits per heavy atom. The molecule has 0 aromatic carbocycles. The number of likely N-dealkylation sites (N-methyl/N-ethyl adjacent to an activating group) is 1. The zero-order valence-electron chi connectivity index (χ0n) is 13.9. The highest BCUT2D eigenvalue weighted by atomic mass is 16.5. The minimum atomic E-state index is 0.202. The van der Waals surface area contributed by atoms with Crippen molar-refractivity contribution in [3.05, 3.63) is 0 Å². The van der Waals surface area contributed by atoms with Crippen molar-refractivity contribution in [3.8, 4) is 0 Å². The lowest BCUT2D eigenvalue weighted by Crippen LogP contribution is -2.46. The van der Waals surface area contributed by atoms with Crippen LogP contribution in [0.5, 0.6) is 0 Å². The first kappa shape index (κ1) is 19.4. The Morgan fingerprint density at radius 3 is 2.20 bits per heavy atom. The highest BCUT2D eigenvalue weighted by Gasteiger charge is 2.14. The highest BCUT2D eigenvalue weighted by Crippen LogP contribution is 2.01. The topological polar surface area (TPSA) is 42.0 Å².